The van der Waals surface area contributed by atoms with Crippen LogP contribution < -0.4 is 11.5 Å². The molecule has 82 valence electrons. The zero-order valence-electron chi connectivity index (χ0n) is 9.75. The Labute approximate surface area is 92.0 Å². The number of allylic oxidation sites excluding steroid dienone is 1. The Hall–Kier alpha value is -1.44. The van der Waals surface area contributed by atoms with Crippen molar-refractivity contribution in [3.8, 4) is 0 Å². The Morgan fingerprint density at radius 1 is 1.27 bits per heavy atom. The predicted octanol–water partition coefficient (Wildman–Crippen LogP) is 3.30. The van der Waals surface area contributed by atoms with Crippen LogP contribution in [0, 0.1) is 5.41 Å². The van der Waals surface area contributed by atoms with E-state index in [9.17, 15) is 0 Å². The van der Waals surface area contributed by atoms with Gasteiger partial charge in [0.15, 0.2) is 0 Å². The van der Waals surface area contributed by atoms with Gasteiger partial charge >= 0.3 is 0 Å². The second-order valence-corrected chi connectivity index (χ2v) is 4.56. The summed E-state index contributed by atoms with van der Waals surface area (Å²) >= 11 is 0. The second kappa shape index (κ2) is 4.39. The van der Waals surface area contributed by atoms with Gasteiger partial charge in [-0.1, -0.05) is 39.0 Å². The highest BCUT2D eigenvalue weighted by atomic mass is 14.6. The molecule has 0 bridgehead atoms. The lowest BCUT2D eigenvalue weighted by atomic mass is 9.89. The van der Waals surface area contributed by atoms with E-state index in [0.717, 1.165) is 17.7 Å². The van der Waals surface area contributed by atoms with E-state index in [2.05, 4.69) is 32.9 Å². The minimum atomic E-state index is 0.216. The summed E-state index contributed by atoms with van der Waals surface area (Å²) in [4.78, 5) is 0. The molecule has 2 heteroatoms. The maximum atomic E-state index is 5.86. The Balaban J connectivity index is 2.90. The summed E-state index contributed by atoms with van der Waals surface area (Å²) in [5, 5.41) is 0. The molecule has 0 saturated heterocycles. The number of hydrogen-bond acceptors (Lipinski definition) is 2. The highest BCUT2D eigenvalue weighted by Gasteiger charge is 2.09. The van der Waals surface area contributed by atoms with E-state index in [1.807, 2.05) is 12.1 Å². The van der Waals surface area contributed by atoms with E-state index < -0.39 is 0 Å². The summed E-state index contributed by atoms with van der Waals surface area (Å²) in [6.45, 7) is 6.59. The molecular weight excluding hydrogens is 184 g/mol. The molecule has 0 aliphatic carbocycles. The minimum Gasteiger partial charge on any atom is -0.399 e. The van der Waals surface area contributed by atoms with Crippen LogP contribution in [0.5, 0.6) is 0 Å². The quantitative estimate of drug-likeness (QED) is 0.742. The summed E-state index contributed by atoms with van der Waals surface area (Å²) < 4.78 is 0. The van der Waals surface area contributed by atoms with Crippen molar-refractivity contribution in [2.75, 3.05) is 11.5 Å². The van der Waals surface area contributed by atoms with Gasteiger partial charge in [-0.05, 0) is 29.5 Å². The average molecular weight is 204 g/mol. The molecule has 1 rings (SSSR count). The first-order chi connectivity index (χ1) is 6.94. The zero-order chi connectivity index (χ0) is 11.5. The summed E-state index contributed by atoms with van der Waals surface area (Å²) in [6.07, 6.45) is 5.37. The van der Waals surface area contributed by atoms with Gasteiger partial charge in [-0.3, -0.25) is 0 Å². The van der Waals surface area contributed by atoms with Gasteiger partial charge in [0.25, 0.3) is 0 Å². The summed E-state index contributed by atoms with van der Waals surface area (Å²) in [7, 11) is 0. The molecule has 1 aromatic rings. The van der Waals surface area contributed by atoms with Crippen LogP contribution in [0.15, 0.2) is 24.3 Å². The lowest BCUT2D eigenvalue weighted by Gasteiger charge is -2.16. The maximum absolute atomic E-state index is 5.86. The molecular formula is C13H20N2. The summed E-state index contributed by atoms with van der Waals surface area (Å²) in [5.74, 6) is 0. The molecule has 4 N–H and O–H groups in total. The van der Waals surface area contributed by atoms with Crippen molar-refractivity contribution in [2.45, 2.75) is 27.2 Å². The van der Waals surface area contributed by atoms with Gasteiger partial charge in [0.2, 0.25) is 0 Å². The van der Waals surface area contributed by atoms with Crippen LogP contribution in [0.2, 0.25) is 0 Å². The van der Waals surface area contributed by atoms with E-state index in [0.29, 0.717) is 5.69 Å². The molecule has 0 amide bonds. The molecule has 0 atom stereocenters. The fourth-order valence-corrected chi connectivity index (χ4v) is 1.18. The van der Waals surface area contributed by atoms with Gasteiger partial charge in [0.05, 0.1) is 0 Å². The molecule has 0 fully saturated rings. The Morgan fingerprint density at radius 3 is 2.47 bits per heavy atom. The Kier molecular flexibility index (Phi) is 3.40. The topological polar surface area (TPSA) is 52.0 Å². The fourth-order valence-electron chi connectivity index (χ4n) is 1.18. The molecule has 0 heterocycles. The first kappa shape index (κ1) is 11.6. The fraction of sp³-hybridized carbons (Fsp3) is 0.385. The van der Waals surface area contributed by atoms with Crippen LogP contribution in [-0.4, -0.2) is 0 Å². The van der Waals surface area contributed by atoms with Gasteiger partial charge in [-0.2, -0.15) is 0 Å². The first-order valence-corrected chi connectivity index (χ1v) is 5.29. The van der Waals surface area contributed by atoms with Gasteiger partial charge in [0, 0.05) is 11.4 Å². The van der Waals surface area contributed by atoms with Crippen molar-refractivity contribution in [1.82, 2.24) is 0 Å². The lowest BCUT2D eigenvalue weighted by molar-refractivity contribution is 0.464. The normalized spacial score (nSPS) is 12.2. The molecule has 0 radical (unpaired) electrons. The first-order valence-electron chi connectivity index (χ1n) is 5.29. The van der Waals surface area contributed by atoms with Gasteiger partial charge < -0.3 is 11.5 Å². The third kappa shape index (κ3) is 3.31. The van der Waals surface area contributed by atoms with Crippen LogP contribution in [-0.2, 0) is 0 Å². The highest BCUT2D eigenvalue weighted by molar-refractivity contribution is 5.68. The SMILES string of the molecule is CCC(C)(C)/C=C/c1ccc(N)cc1N. The highest BCUT2D eigenvalue weighted by Crippen LogP contribution is 2.24. The van der Waals surface area contributed by atoms with Crippen molar-refractivity contribution < 1.29 is 0 Å². The van der Waals surface area contributed by atoms with Crippen LogP contribution >= 0.6 is 0 Å². The van der Waals surface area contributed by atoms with Crippen LogP contribution in [0.1, 0.15) is 32.8 Å². The third-order valence-electron chi connectivity index (χ3n) is 2.74. The molecule has 2 nitrogen and oxygen atoms in total. The van der Waals surface area contributed by atoms with Crippen LogP contribution in [0.3, 0.4) is 0 Å². The van der Waals surface area contributed by atoms with Gasteiger partial charge in [0.1, 0.15) is 0 Å². The van der Waals surface area contributed by atoms with Gasteiger partial charge in [-0.25, -0.2) is 0 Å². The molecule has 0 aliphatic heterocycles. The average Bonchev–Trinajstić information content (AvgIpc) is 2.16. The number of rotatable bonds is 3. The number of hydrogen-bond donors (Lipinski definition) is 2. The van der Waals surface area contributed by atoms with E-state index in [1.165, 1.54) is 0 Å². The molecule has 0 aliphatic rings. The van der Waals surface area contributed by atoms with Gasteiger partial charge in [-0.15, -0.1) is 0 Å². The van der Waals surface area contributed by atoms with Crippen molar-refractivity contribution in [3.05, 3.63) is 29.8 Å². The zero-order valence-corrected chi connectivity index (χ0v) is 9.75. The van der Waals surface area contributed by atoms with E-state index >= 15 is 0 Å². The largest absolute Gasteiger partial charge is 0.399 e. The van der Waals surface area contributed by atoms with Crippen molar-refractivity contribution in [1.29, 1.82) is 0 Å². The standard InChI is InChI=1S/C13H20N2/c1-4-13(2,3)8-7-10-5-6-11(14)9-12(10)15/h5-9H,4,14-15H2,1-3H3/b8-7+. The molecule has 0 saturated carbocycles. The van der Waals surface area contributed by atoms with Crippen molar-refractivity contribution in [3.63, 3.8) is 0 Å². The van der Waals surface area contributed by atoms with Crippen molar-refractivity contribution in [2.24, 2.45) is 5.41 Å². The monoisotopic (exact) mass is 204 g/mol. The Bertz CT molecular complexity index is 365. The number of anilines is 2. The maximum Gasteiger partial charge on any atom is 0.0408 e. The smallest absolute Gasteiger partial charge is 0.0408 e. The van der Waals surface area contributed by atoms with E-state index in [1.54, 1.807) is 6.07 Å². The Morgan fingerprint density at radius 2 is 1.93 bits per heavy atom. The molecule has 0 spiro atoms. The van der Waals surface area contributed by atoms with Crippen molar-refractivity contribution >= 4 is 17.5 Å². The van der Waals surface area contributed by atoms with Crippen LogP contribution in [0.4, 0.5) is 11.4 Å². The van der Waals surface area contributed by atoms with E-state index in [-0.39, 0.29) is 5.41 Å². The van der Waals surface area contributed by atoms with Crippen LogP contribution in [0.25, 0.3) is 6.08 Å². The lowest BCUT2D eigenvalue weighted by Crippen LogP contribution is -2.04. The number of nitrogen functional groups attached to an aromatic ring is 2. The molecule has 0 aromatic heterocycles. The predicted molar refractivity (Wildman–Crippen MR) is 68.4 cm³/mol. The third-order valence-corrected chi connectivity index (χ3v) is 2.74. The van der Waals surface area contributed by atoms with E-state index in [4.69, 9.17) is 11.5 Å². The second-order valence-electron chi connectivity index (χ2n) is 4.56. The minimum absolute atomic E-state index is 0.216. The molecule has 15 heavy (non-hydrogen) atoms. The number of nitrogens with two attached hydrogens (primary N) is 2. The molecule has 1 aromatic carbocycles. The molecule has 0 unspecified atom stereocenters. The summed E-state index contributed by atoms with van der Waals surface area (Å²) in [6, 6.07) is 5.61. The number of benzene rings is 1. The summed E-state index contributed by atoms with van der Waals surface area (Å²) in [5.41, 5.74) is 14.2.